The number of amides is 1. The van der Waals surface area contributed by atoms with Crippen molar-refractivity contribution in [3.63, 3.8) is 0 Å². The zero-order chi connectivity index (χ0) is 11.9. The van der Waals surface area contributed by atoms with Gasteiger partial charge >= 0.3 is 0 Å². The van der Waals surface area contributed by atoms with Crippen LogP contribution in [0.25, 0.3) is 0 Å². The van der Waals surface area contributed by atoms with Crippen LogP contribution in [0.5, 0.6) is 0 Å². The van der Waals surface area contributed by atoms with Crippen LogP contribution >= 0.6 is 0 Å². The summed E-state index contributed by atoms with van der Waals surface area (Å²) in [5.41, 5.74) is 1.07. The summed E-state index contributed by atoms with van der Waals surface area (Å²) in [7, 11) is 0. The molecule has 5 heteroatoms. The molecule has 2 aromatic heterocycles. The first-order valence-electron chi connectivity index (χ1n) is 5.48. The number of hydrogen-bond donors (Lipinski definition) is 2. The number of hydrogen-bond acceptors (Lipinski definition) is 3. The molecule has 0 aliphatic rings. The van der Waals surface area contributed by atoms with E-state index in [-0.39, 0.29) is 5.91 Å². The number of aromatic nitrogens is 3. The first-order valence-corrected chi connectivity index (χ1v) is 5.48. The minimum atomic E-state index is 0.0188. The molecule has 0 saturated heterocycles. The highest BCUT2D eigenvalue weighted by Crippen LogP contribution is 2.00. The molecule has 1 amide bonds. The summed E-state index contributed by atoms with van der Waals surface area (Å²) in [4.78, 5) is 22.5. The maximum atomic E-state index is 11.5. The molecule has 0 saturated carbocycles. The Bertz CT molecular complexity index is 453. The summed E-state index contributed by atoms with van der Waals surface area (Å²) in [6, 6.07) is 3.84. The summed E-state index contributed by atoms with van der Waals surface area (Å²) in [6.45, 7) is 0.443. The van der Waals surface area contributed by atoms with E-state index in [0.29, 0.717) is 19.4 Å². The Balaban J connectivity index is 1.71. The van der Waals surface area contributed by atoms with E-state index in [2.05, 4.69) is 20.3 Å². The lowest BCUT2D eigenvalue weighted by atomic mass is 10.1. The molecular weight excluding hydrogens is 216 g/mol. The number of aryl methyl sites for hydroxylation is 1. The van der Waals surface area contributed by atoms with Crippen LogP contribution < -0.4 is 5.32 Å². The fraction of sp³-hybridized carbons (Fsp3) is 0.250. The predicted octanol–water partition coefficient (Wildman–Crippen LogP) is 1.05. The molecular formula is C12H14N4O. The first-order chi connectivity index (χ1) is 8.34. The van der Waals surface area contributed by atoms with Crippen molar-refractivity contribution in [1.29, 1.82) is 0 Å². The molecule has 2 rings (SSSR count). The molecule has 17 heavy (non-hydrogen) atoms. The van der Waals surface area contributed by atoms with Crippen molar-refractivity contribution < 1.29 is 4.79 Å². The van der Waals surface area contributed by atoms with Gasteiger partial charge in [0.1, 0.15) is 5.82 Å². The smallest absolute Gasteiger partial charge is 0.220 e. The van der Waals surface area contributed by atoms with Crippen molar-refractivity contribution in [2.24, 2.45) is 0 Å². The molecule has 2 N–H and O–H groups in total. The van der Waals surface area contributed by atoms with Crippen molar-refractivity contribution >= 4 is 5.91 Å². The lowest BCUT2D eigenvalue weighted by Crippen LogP contribution is -2.23. The second-order valence-electron chi connectivity index (χ2n) is 3.67. The van der Waals surface area contributed by atoms with Crippen LogP contribution in [0.2, 0.25) is 0 Å². The van der Waals surface area contributed by atoms with E-state index in [9.17, 15) is 4.79 Å². The standard InChI is InChI=1S/C12H14N4O/c17-12(16-9-11-14-6-7-15-11)4-3-10-2-1-5-13-8-10/h1-2,5-8H,3-4,9H2,(H,14,15)(H,16,17). The highest BCUT2D eigenvalue weighted by Gasteiger charge is 2.02. The van der Waals surface area contributed by atoms with Crippen molar-refractivity contribution in [2.75, 3.05) is 0 Å². The van der Waals surface area contributed by atoms with Crippen molar-refractivity contribution in [2.45, 2.75) is 19.4 Å². The van der Waals surface area contributed by atoms with Gasteiger partial charge in [-0.1, -0.05) is 6.07 Å². The number of carbonyl (C=O) groups excluding carboxylic acids is 1. The van der Waals surface area contributed by atoms with Gasteiger partial charge in [-0.25, -0.2) is 4.98 Å². The van der Waals surface area contributed by atoms with Crippen LogP contribution in [0, 0.1) is 0 Å². The minimum Gasteiger partial charge on any atom is -0.349 e. The molecule has 0 fully saturated rings. The Morgan fingerprint density at radius 3 is 3.06 bits per heavy atom. The van der Waals surface area contributed by atoms with Crippen molar-refractivity contribution in [1.82, 2.24) is 20.3 Å². The van der Waals surface area contributed by atoms with Gasteiger partial charge in [0, 0.05) is 31.2 Å². The van der Waals surface area contributed by atoms with Gasteiger partial charge in [0.15, 0.2) is 0 Å². The molecule has 0 aliphatic heterocycles. The average molecular weight is 230 g/mol. The van der Waals surface area contributed by atoms with E-state index in [4.69, 9.17) is 0 Å². The maximum Gasteiger partial charge on any atom is 0.220 e. The molecule has 0 atom stereocenters. The van der Waals surface area contributed by atoms with Gasteiger partial charge in [-0.2, -0.15) is 0 Å². The van der Waals surface area contributed by atoms with Gasteiger partial charge < -0.3 is 10.3 Å². The van der Waals surface area contributed by atoms with Gasteiger partial charge in [0.05, 0.1) is 6.54 Å². The number of H-pyrrole nitrogens is 1. The molecule has 2 aromatic rings. The van der Waals surface area contributed by atoms with Crippen LogP contribution in [-0.2, 0) is 17.8 Å². The van der Waals surface area contributed by atoms with Gasteiger partial charge in [-0.05, 0) is 18.1 Å². The third-order valence-electron chi connectivity index (χ3n) is 2.37. The van der Waals surface area contributed by atoms with Crippen LogP contribution in [0.1, 0.15) is 17.8 Å². The monoisotopic (exact) mass is 230 g/mol. The number of rotatable bonds is 5. The predicted molar refractivity (Wildman–Crippen MR) is 63.0 cm³/mol. The summed E-state index contributed by atoms with van der Waals surface area (Å²) in [5.74, 6) is 0.782. The summed E-state index contributed by atoms with van der Waals surface area (Å²) in [6.07, 6.45) is 8.07. The third kappa shape index (κ3) is 3.71. The highest BCUT2D eigenvalue weighted by molar-refractivity contribution is 5.76. The SMILES string of the molecule is O=C(CCc1cccnc1)NCc1ncc[nH]1. The zero-order valence-corrected chi connectivity index (χ0v) is 9.39. The summed E-state index contributed by atoms with van der Waals surface area (Å²) >= 11 is 0. The molecule has 0 unspecified atom stereocenters. The van der Waals surface area contributed by atoms with E-state index in [0.717, 1.165) is 11.4 Å². The normalized spacial score (nSPS) is 10.1. The number of nitrogens with one attached hydrogen (secondary N) is 2. The number of pyridine rings is 1. The van der Waals surface area contributed by atoms with Crippen LogP contribution in [0.4, 0.5) is 0 Å². The maximum absolute atomic E-state index is 11.5. The van der Waals surface area contributed by atoms with E-state index >= 15 is 0 Å². The molecule has 0 aliphatic carbocycles. The molecule has 88 valence electrons. The summed E-state index contributed by atoms with van der Waals surface area (Å²) in [5, 5.41) is 2.80. The Kier molecular flexibility index (Phi) is 3.85. The van der Waals surface area contributed by atoms with Gasteiger partial charge in [-0.15, -0.1) is 0 Å². The minimum absolute atomic E-state index is 0.0188. The number of carbonyl (C=O) groups is 1. The molecule has 0 aromatic carbocycles. The number of imidazole rings is 1. The topological polar surface area (TPSA) is 70.7 Å². The van der Waals surface area contributed by atoms with Crippen LogP contribution in [0.15, 0.2) is 36.9 Å². The Hall–Kier alpha value is -2.17. The van der Waals surface area contributed by atoms with E-state index in [1.165, 1.54) is 0 Å². The second-order valence-corrected chi connectivity index (χ2v) is 3.67. The summed E-state index contributed by atoms with van der Waals surface area (Å²) < 4.78 is 0. The van der Waals surface area contributed by atoms with E-state index in [1.807, 2.05) is 12.1 Å². The molecule has 2 heterocycles. The Morgan fingerprint density at radius 1 is 1.41 bits per heavy atom. The molecule has 0 radical (unpaired) electrons. The second kappa shape index (κ2) is 5.79. The molecule has 0 bridgehead atoms. The highest BCUT2D eigenvalue weighted by atomic mass is 16.1. The molecule has 0 spiro atoms. The van der Waals surface area contributed by atoms with Crippen molar-refractivity contribution in [3.05, 3.63) is 48.3 Å². The van der Waals surface area contributed by atoms with Gasteiger partial charge in [-0.3, -0.25) is 9.78 Å². The fourth-order valence-electron chi connectivity index (χ4n) is 1.47. The van der Waals surface area contributed by atoms with E-state index < -0.39 is 0 Å². The van der Waals surface area contributed by atoms with Crippen LogP contribution in [-0.4, -0.2) is 20.9 Å². The van der Waals surface area contributed by atoms with E-state index in [1.54, 1.807) is 24.8 Å². The van der Waals surface area contributed by atoms with Crippen LogP contribution in [0.3, 0.4) is 0 Å². The third-order valence-corrected chi connectivity index (χ3v) is 2.37. The number of nitrogens with zero attached hydrogens (tertiary/aromatic N) is 2. The largest absolute Gasteiger partial charge is 0.349 e. The molecule has 5 nitrogen and oxygen atoms in total. The lowest BCUT2D eigenvalue weighted by molar-refractivity contribution is -0.121. The average Bonchev–Trinajstić information content (AvgIpc) is 2.88. The lowest BCUT2D eigenvalue weighted by Gasteiger charge is -2.03. The quantitative estimate of drug-likeness (QED) is 0.806. The first kappa shape index (κ1) is 11.3. The van der Waals surface area contributed by atoms with Gasteiger partial charge in [0.25, 0.3) is 0 Å². The Labute approximate surface area is 99.3 Å². The van der Waals surface area contributed by atoms with Crippen molar-refractivity contribution in [3.8, 4) is 0 Å². The number of aromatic amines is 1. The zero-order valence-electron chi connectivity index (χ0n) is 9.39. The Morgan fingerprint density at radius 2 is 2.35 bits per heavy atom. The fourth-order valence-corrected chi connectivity index (χ4v) is 1.47. The van der Waals surface area contributed by atoms with Gasteiger partial charge in [0.2, 0.25) is 5.91 Å².